The smallest absolute Gasteiger partial charge is 0.129 e. The van der Waals surface area contributed by atoms with Crippen molar-refractivity contribution < 1.29 is 0 Å². The molecule has 0 aliphatic rings. The molecular weight excluding hydrogens is 150 g/mol. The van der Waals surface area contributed by atoms with Crippen LogP contribution in [0.1, 0.15) is 11.6 Å². The quantitative estimate of drug-likeness (QED) is 0.606. The number of aromatic nitrogens is 3. The Balaban J connectivity index is 2.87. The maximum absolute atomic E-state index is 5.56. The zero-order valence-corrected chi connectivity index (χ0v) is 6.89. The fraction of sp³-hybridized carbons (Fsp3) is 0.667. The van der Waals surface area contributed by atoms with Crippen LogP contribution >= 0.6 is 11.6 Å². The molecule has 0 spiro atoms. The van der Waals surface area contributed by atoms with Gasteiger partial charge in [-0.25, -0.2) is 0 Å². The maximum atomic E-state index is 5.56. The highest BCUT2D eigenvalue weighted by Gasteiger charge is 2.01. The Hall–Kier alpha value is -0.570. The maximum Gasteiger partial charge on any atom is 0.129 e. The summed E-state index contributed by atoms with van der Waals surface area (Å²) in [7, 11) is 0. The zero-order valence-electron chi connectivity index (χ0n) is 6.13. The van der Waals surface area contributed by atoms with E-state index >= 15 is 0 Å². The van der Waals surface area contributed by atoms with Crippen molar-refractivity contribution in [2.24, 2.45) is 0 Å². The lowest BCUT2D eigenvalue weighted by Crippen LogP contribution is -2.03. The highest BCUT2D eigenvalue weighted by atomic mass is 35.5. The SMILES string of the molecule is Cc1nnc(C)n1CCCl. The summed E-state index contributed by atoms with van der Waals surface area (Å²) in [5.41, 5.74) is 0. The van der Waals surface area contributed by atoms with E-state index in [-0.39, 0.29) is 0 Å². The average Bonchev–Trinajstić information content (AvgIpc) is 2.20. The van der Waals surface area contributed by atoms with Crippen molar-refractivity contribution in [3.63, 3.8) is 0 Å². The van der Waals surface area contributed by atoms with Gasteiger partial charge in [0, 0.05) is 12.4 Å². The van der Waals surface area contributed by atoms with Crippen LogP contribution in [-0.4, -0.2) is 20.6 Å². The number of alkyl halides is 1. The molecule has 0 aliphatic carbocycles. The number of halogens is 1. The molecule has 0 radical (unpaired) electrons. The molecule has 1 rings (SSSR count). The molecule has 0 bridgehead atoms. The number of aryl methyl sites for hydroxylation is 2. The van der Waals surface area contributed by atoms with Gasteiger partial charge in [0.25, 0.3) is 0 Å². The van der Waals surface area contributed by atoms with Gasteiger partial charge in [0.05, 0.1) is 0 Å². The monoisotopic (exact) mass is 159 g/mol. The van der Waals surface area contributed by atoms with Crippen LogP contribution in [-0.2, 0) is 6.54 Å². The molecule has 0 saturated carbocycles. The normalized spacial score (nSPS) is 10.3. The minimum Gasteiger partial charge on any atom is -0.314 e. The molecule has 0 aromatic carbocycles. The van der Waals surface area contributed by atoms with Gasteiger partial charge >= 0.3 is 0 Å². The number of rotatable bonds is 2. The van der Waals surface area contributed by atoms with Gasteiger partial charge in [0.1, 0.15) is 11.6 Å². The Labute approximate surface area is 65.0 Å². The second kappa shape index (κ2) is 3.01. The largest absolute Gasteiger partial charge is 0.314 e. The van der Waals surface area contributed by atoms with Crippen molar-refractivity contribution in [1.82, 2.24) is 14.8 Å². The van der Waals surface area contributed by atoms with Crippen molar-refractivity contribution in [3.8, 4) is 0 Å². The third-order valence-electron chi connectivity index (χ3n) is 1.43. The summed E-state index contributed by atoms with van der Waals surface area (Å²) in [6.45, 7) is 4.64. The summed E-state index contributed by atoms with van der Waals surface area (Å²) in [6.07, 6.45) is 0. The van der Waals surface area contributed by atoms with Crippen molar-refractivity contribution in [1.29, 1.82) is 0 Å². The van der Waals surface area contributed by atoms with Gasteiger partial charge in [-0.15, -0.1) is 21.8 Å². The van der Waals surface area contributed by atoms with E-state index in [0.29, 0.717) is 5.88 Å². The van der Waals surface area contributed by atoms with Crippen molar-refractivity contribution in [2.75, 3.05) is 5.88 Å². The number of nitrogens with zero attached hydrogens (tertiary/aromatic N) is 3. The standard InChI is InChI=1S/C6H10ClN3/c1-5-8-9-6(2)10(5)4-3-7/h3-4H2,1-2H3. The lowest BCUT2D eigenvalue weighted by atomic mass is 10.5. The van der Waals surface area contributed by atoms with E-state index in [9.17, 15) is 0 Å². The second-order valence-corrected chi connectivity index (χ2v) is 2.51. The zero-order chi connectivity index (χ0) is 7.56. The average molecular weight is 160 g/mol. The molecule has 0 atom stereocenters. The molecule has 56 valence electrons. The fourth-order valence-corrected chi connectivity index (χ4v) is 1.06. The van der Waals surface area contributed by atoms with E-state index in [4.69, 9.17) is 11.6 Å². The predicted molar refractivity (Wildman–Crippen MR) is 40.2 cm³/mol. The summed E-state index contributed by atoms with van der Waals surface area (Å²) in [5, 5.41) is 7.78. The topological polar surface area (TPSA) is 30.7 Å². The highest BCUT2D eigenvalue weighted by Crippen LogP contribution is 1.98. The summed E-state index contributed by atoms with van der Waals surface area (Å²) < 4.78 is 1.99. The molecule has 3 nitrogen and oxygen atoms in total. The van der Waals surface area contributed by atoms with E-state index in [1.165, 1.54) is 0 Å². The van der Waals surface area contributed by atoms with Crippen LogP contribution < -0.4 is 0 Å². The molecule has 0 fully saturated rings. The second-order valence-electron chi connectivity index (χ2n) is 2.14. The molecular formula is C6H10ClN3. The predicted octanol–water partition coefficient (Wildman–Crippen LogP) is 1.13. The van der Waals surface area contributed by atoms with Gasteiger partial charge in [0.2, 0.25) is 0 Å². The highest BCUT2D eigenvalue weighted by molar-refractivity contribution is 6.17. The van der Waals surface area contributed by atoms with E-state index in [2.05, 4.69) is 10.2 Å². The first-order chi connectivity index (χ1) is 4.75. The molecule has 1 heterocycles. The first-order valence-corrected chi connectivity index (χ1v) is 3.71. The minimum atomic E-state index is 0.611. The van der Waals surface area contributed by atoms with Gasteiger partial charge in [0.15, 0.2) is 0 Å². The van der Waals surface area contributed by atoms with Gasteiger partial charge in [-0.3, -0.25) is 0 Å². The Kier molecular flexibility index (Phi) is 2.27. The van der Waals surface area contributed by atoms with Crippen molar-refractivity contribution in [3.05, 3.63) is 11.6 Å². The van der Waals surface area contributed by atoms with Gasteiger partial charge in [-0.1, -0.05) is 0 Å². The first kappa shape index (κ1) is 7.54. The fourth-order valence-electron chi connectivity index (χ4n) is 0.895. The Morgan fingerprint density at radius 3 is 2.20 bits per heavy atom. The lowest BCUT2D eigenvalue weighted by molar-refractivity contribution is 0.710. The van der Waals surface area contributed by atoms with Gasteiger partial charge in [-0.2, -0.15) is 0 Å². The van der Waals surface area contributed by atoms with Crippen molar-refractivity contribution in [2.45, 2.75) is 20.4 Å². The molecule has 0 amide bonds. The van der Waals surface area contributed by atoms with E-state index in [1.54, 1.807) is 0 Å². The van der Waals surface area contributed by atoms with Crippen LogP contribution in [0.3, 0.4) is 0 Å². The lowest BCUT2D eigenvalue weighted by Gasteiger charge is -2.00. The van der Waals surface area contributed by atoms with Crippen LogP contribution in [0, 0.1) is 13.8 Å². The molecule has 1 aromatic rings. The summed E-state index contributed by atoms with van der Waals surface area (Å²) in [6, 6.07) is 0. The Bertz CT molecular complexity index is 199. The molecule has 0 saturated heterocycles. The Morgan fingerprint density at radius 2 is 1.80 bits per heavy atom. The van der Waals surface area contributed by atoms with Crippen LogP contribution in [0.5, 0.6) is 0 Å². The Morgan fingerprint density at radius 1 is 1.30 bits per heavy atom. The third-order valence-corrected chi connectivity index (χ3v) is 1.60. The third kappa shape index (κ3) is 1.29. The molecule has 4 heteroatoms. The van der Waals surface area contributed by atoms with Gasteiger partial charge in [-0.05, 0) is 13.8 Å². The van der Waals surface area contributed by atoms with Gasteiger partial charge < -0.3 is 4.57 Å². The van der Waals surface area contributed by atoms with Crippen molar-refractivity contribution >= 4 is 11.6 Å². The summed E-state index contributed by atoms with van der Waals surface area (Å²) in [4.78, 5) is 0. The van der Waals surface area contributed by atoms with E-state index in [1.807, 2.05) is 18.4 Å². The first-order valence-electron chi connectivity index (χ1n) is 3.18. The van der Waals surface area contributed by atoms with E-state index < -0.39 is 0 Å². The number of hydrogen-bond acceptors (Lipinski definition) is 2. The summed E-state index contributed by atoms with van der Waals surface area (Å²) >= 11 is 5.56. The van der Waals surface area contributed by atoms with Crippen LogP contribution in [0.2, 0.25) is 0 Å². The van der Waals surface area contributed by atoms with Crippen LogP contribution in [0.4, 0.5) is 0 Å². The van der Waals surface area contributed by atoms with E-state index in [0.717, 1.165) is 18.2 Å². The molecule has 0 unspecified atom stereocenters. The molecule has 1 aromatic heterocycles. The minimum absolute atomic E-state index is 0.611. The van der Waals surface area contributed by atoms with Crippen LogP contribution in [0.15, 0.2) is 0 Å². The number of hydrogen-bond donors (Lipinski definition) is 0. The molecule has 0 aliphatic heterocycles. The van der Waals surface area contributed by atoms with Crippen LogP contribution in [0.25, 0.3) is 0 Å². The molecule has 10 heavy (non-hydrogen) atoms. The molecule has 0 N–H and O–H groups in total. The summed E-state index contributed by atoms with van der Waals surface area (Å²) in [5.74, 6) is 2.47.